The summed E-state index contributed by atoms with van der Waals surface area (Å²) in [5, 5.41) is 18.4. The van der Waals surface area contributed by atoms with E-state index < -0.39 is 0 Å². The number of pyridine rings is 1. The number of phenols is 1. The number of aromatic nitrogens is 1. The van der Waals surface area contributed by atoms with Crippen LogP contribution in [0.4, 0.5) is 11.4 Å². The van der Waals surface area contributed by atoms with Gasteiger partial charge >= 0.3 is 0 Å². The Labute approximate surface area is 99.4 Å². The number of anilines is 2. The van der Waals surface area contributed by atoms with Crippen LogP contribution >= 0.6 is 0 Å². The largest absolute Gasteiger partial charge is 0.508 e. The van der Waals surface area contributed by atoms with Crippen molar-refractivity contribution in [1.82, 2.24) is 4.98 Å². The van der Waals surface area contributed by atoms with Gasteiger partial charge in [-0.05, 0) is 18.2 Å². The fourth-order valence-electron chi connectivity index (χ4n) is 1.59. The summed E-state index contributed by atoms with van der Waals surface area (Å²) in [4.78, 5) is 5.82. The van der Waals surface area contributed by atoms with Crippen LogP contribution in [-0.2, 0) is 0 Å². The normalized spacial score (nSPS) is 9.65. The molecule has 0 spiro atoms. The van der Waals surface area contributed by atoms with Crippen LogP contribution in [0.1, 0.15) is 5.56 Å². The van der Waals surface area contributed by atoms with Crippen LogP contribution in [-0.4, -0.2) is 17.1 Å². The molecular weight excluding hydrogens is 214 g/mol. The zero-order chi connectivity index (χ0) is 12.3. The molecule has 17 heavy (non-hydrogen) atoms. The predicted molar refractivity (Wildman–Crippen MR) is 65.1 cm³/mol. The molecule has 2 aromatic rings. The number of hydrogen-bond acceptors (Lipinski definition) is 4. The number of aromatic hydroxyl groups is 1. The minimum atomic E-state index is 0.191. The van der Waals surface area contributed by atoms with Gasteiger partial charge in [0.2, 0.25) is 0 Å². The summed E-state index contributed by atoms with van der Waals surface area (Å²) in [5.74, 6) is 0.191. The van der Waals surface area contributed by atoms with E-state index >= 15 is 0 Å². The first-order valence-corrected chi connectivity index (χ1v) is 5.09. The molecule has 0 fully saturated rings. The van der Waals surface area contributed by atoms with E-state index in [-0.39, 0.29) is 5.75 Å². The lowest BCUT2D eigenvalue weighted by Crippen LogP contribution is -2.11. The van der Waals surface area contributed by atoms with E-state index in [9.17, 15) is 5.11 Å². The number of nitriles is 1. The van der Waals surface area contributed by atoms with Crippen molar-refractivity contribution in [2.24, 2.45) is 0 Å². The van der Waals surface area contributed by atoms with Gasteiger partial charge in [0, 0.05) is 25.0 Å². The molecule has 0 bridgehead atoms. The molecule has 0 aliphatic carbocycles. The highest BCUT2D eigenvalue weighted by Gasteiger charge is 2.09. The van der Waals surface area contributed by atoms with Gasteiger partial charge in [0.1, 0.15) is 11.8 Å². The van der Waals surface area contributed by atoms with Crippen LogP contribution in [0.5, 0.6) is 5.75 Å². The molecule has 0 atom stereocenters. The van der Waals surface area contributed by atoms with Crippen LogP contribution in [0, 0.1) is 11.3 Å². The maximum atomic E-state index is 9.43. The summed E-state index contributed by atoms with van der Waals surface area (Å²) in [6, 6.07) is 10.6. The standard InChI is InChI=1S/C13H11N3O/c1-16(11-3-2-4-12(17)7-11)13-9-15-6-5-10(13)8-14/h2-7,9,17H,1H3. The Morgan fingerprint density at radius 1 is 1.35 bits per heavy atom. The van der Waals surface area contributed by atoms with E-state index in [0.717, 1.165) is 5.69 Å². The lowest BCUT2D eigenvalue weighted by atomic mass is 10.2. The zero-order valence-electron chi connectivity index (χ0n) is 9.33. The van der Waals surface area contributed by atoms with Crippen LogP contribution in [0.15, 0.2) is 42.7 Å². The van der Waals surface area contributed by atoms with Crippen molar-refractivity contribution < 1.29 is 5.11 Å². The van der Waals surface area contributed by atoms with Gasteiger partial charge in [-0.25, -0.2) is 0 Å². The summed E-state index contributed by atoms with van der Waals surface area (Å²) in [5.41, 5.74) is 2.06. The highest BCUT2D eigenvalue weighted by molar-refractivity contribution is 5.68. The Morgan fingerprint density at radius 3 is 2.88 bits per heavy atom. The van der Waals surface area contributed by atoms with Gasteiger partial charge in [-0.3, -0.25) is 4.98 Å². The minimum absolute atomic E-state index is 0.191. The summed E-state index contributed by atoms with van der Waals surface area (Å²) < 4.78 is 0. The molecule has 0 aliphatic rings. The predicted octanol–water partition coefficient (Wildman–Crippen LogP) is 2.43. The zero-order valence-corrected chi connectivity index (χ0v) is 9.33. The number of hydrogen-bond donors (Lipinski definition) is 1. The van der Waals surface area contributed by atoms with E-state index in [1.807, 2.05) is 18.0 Å². The molecule has 2 rings (SSSR count). The molecule has 1 aromatic heterocycles. The minimum Gasteiger partial charge on any atom is -0.508 e. The second kappa shape index (κ2) is 4.54. The first-order chi connectivity index (χ1) is 8.22. The van der Waals surface area contributed by atoms with Crippen molar-refractivity contribution in [2.75, 3.05) is 11.9 Å². The van der Waals surface area contributed by atoms with E-state index in [1.54, 1.807) is 36.7 Å². The highest BCUT2D eigenvalue weighted by Crippen LogP contribution is 2.27. The highest BCUT2D eigenvalue weighted by atomic mass is 16.3. The SMILES string of the molecule is CN(c1cccc(O)c1)c1cnccc1C#N. The molecular formula is C13H11N3O. The number of nitrogens with zero attached hydrogens (tertiary/aromatic N) is 3. The van der Waals surface area contributed by atoms with Crippen LogP contribution in [0.2, 0.25) is 0 Å². The van der Waals surface area contributed by atoms with Crippen molar-refractivity contribution in [3.63, 3.8) is 0 Å². The maximum Gasteiger partial charge on any atom is 0.117 e. The van der Waals surface area contributed by atoms with Gasteiger partial charge in [-0.2, -0.15) is 5.26 Å². The first-order valence-electron chi connectivity index (χ1n) is 5.09. The maximum absolute atomic E-state index is 9.43. The fraction of sp³-hybridized carbons (Fsp3) is 0.0769. The molecule has 1 heterocycles. The van der Waals surface area contributed by atoms with Gasteiger partial charge in [-0.15, -0.1) is 0 Å². The van der Waals surface area contributed by atoms with Gasteiger partial charge in [0.15, 0.2) is 0 Å². The average molecular weight is 225 g/mol. The van der Waals surface area contributed by atoms with E-state index in [1.165, 1.54) is 0 Å². The number of rotatable bonds is 2. The smallest absolute Gasteiger partial charge is 0.117 e. The average Bonchev–Trinajstić information content (AvgIpc) is 2.38. The summed E-state index contributed by atoms with van der Waals surface area (Å²) in [7, 11) is 1.83. The number of benzene rings is 1. The molecule has 4 heteroatoms. The van der Waals surface area contributed by atoms with Gasteiger partial charge in [0.25, 0.3) is 0 Å². The monoisotopic (exact) mass is 225 g/mol. The van der Waals surface area contributed by atoms with Crippen molar-refractivity contribution in [2.45, 2.75) is 0 Å². The van der Waals surface area contributed by atoms with Gasteiger partial charge in [0.05, 0.1) is 17.4 Å². The number of phenolic OH excluding ortho intramolecular Hbond substituents is 1. The van der Waals surface area contributed by atoms with Crippen LogP contribution in [0.25, 0.3) is 0 Å². The first kappa shape index (κ1) is 11.0. The van der Waals surface area contributed by atoms with E-state index in [4.69, 9.17) is 5.26 Å². The topological polar surface area (TPSA) is 60.1 Å². The van der Waals surface area contributed by atoms with E-state index in [2.05, 4.69) is 11.1 Å². The second-order valence-corrected chi connectivity index (χ2v) is 3.58. The van der Waals surface area contributed by atoms with Crippen molar-refractivity contribution >= 4 is 11.4 Å². The molecule has 1 aromatic carbocycles. The van der Waals surface area contributed by atoms with Crippen LogP contribution in [0.3, 0.4) is 0 Å². The molecule has 1 N–H and O–H groups in total. The molecule has 0 saturated carbocycles. The van der Waals surface area contributed by atoms with E-state index in [0.29, 0.717) is 11.3 Å². The summed E-state index contributed by atoms with van der Waals surface area (Å²) in [6.07, 6.45) is 3.21. The third kappa shape index (κ3) is 2.18. The molecule has 0 saturated heterocycles. The van der Waals surface area contributed by atoms with Gasteiger partial charge in [-0.1, -0.05) is 6.07 Å². The Hall–Kier alpha value is -2.54. The lowest BCUT2D eigenvalue weighted by Gasteiger charge is -2.20. The molecule has 0 radical (unpaired) electrons. The van der Waals surface area contributed by atoms with Crippen molar-refractivity contribution in [3.8, 4) is 11.8 Å². The van der Waals surface area contributed by atoms with Crippen molar-refractivity contribution in [1.29, 1.82) is 5.26 Å². The molecule has 0 unspecified atom stereocenters. The fourth-order valence-corrected chi connectivity index (χ4v) is 1.59. The third-order valence-electron chi connectivity index (χ3n) is 2.50. The van der Waals surface area contributed by atoms with Crippen molar-refractivity contribution in [3.05, 3.63) is 48.3 Å². The summed E-state index contributed by atoms with van der Waals surface area (Å²) >= 11 is 0. The quantitative estimate of drug-likeness (QED) is 0.852. The van der Waals surface area contributed by atoms with Crippen LogP contribution < -0.4 is 4.90 Å². The Bertz CT molecular complexity index is 575. The second-order valence-electron chi connectivity index (χ2n) is 3.58. The molecule has 4 nitrogen and oxygen atoms in total. The lowest BCUT2D eigenvalue weighted by molar-refractivity contribution is 0.475. The summed E-state index contributed by atoms with van der Waals surface area (Å²) in [6.45, 7) is 0. The Balaban J connectivity index is 2.44. The molecule has 84 valence electrons. The molecule has 0 amide bonds. The third-order valence-corrected chi connectivity index (χ3v) is 2.50. The van der Waals surface area contributed by atoms with Gasteiger partial charge < -0.3 is 10.0 Å². The Kier molecular flexibility index (Phi) is 2.93. The molecule has 0 aliphatic heterocycles. The Morgan fingerprint density at radius 2 is 2.18 bits per heavy atom.